The van der Waals surface area contributed by atoms with Crippen LogP contribution in [0.1, 0.15) is 28.5 Å². The van der Waals surface area contributed by atoms with Crippen molar-refractivity contribution < 1.29 is 0 Å². The predicted molar refractivity (Wildman–Crippen MR) is 196 cm³/mol. The van der Waals surface area contributed by atoms with E-state index in [9.17, 15) is 0 Å². The molecule has 214 valence electrons. The standard InChI is InChI=1S/C46H30/c1-3-10-31-22-33(18-16-29(31)8-1)37-24-38(34-19-17-30-9-2-4-11-32(30)23-34)26-39(25-37)35-20-21-41-43-15-7-14-42-40-13-6-5-12-36(40)28-45(46(42)43)44(41)27-35/h1-28,41,44H. The maximum Gasteiger partial charge on any atom is 0.0137 e. The highest BCUT2D eigenvalue weighted by Crippen LogP contribution is 2.53. The van der Waals surface area contributed by atoms with Gasteiger partial charge in [0.05, 0.1) is 0 Å². The topological polar surface area (TPSA) is 0 Å². The van der Waals surface area contributed by atoms with Gasteiger partial charge in [-0.25, -0.2) is 0 Å². The van der Waals surface area contributed by atoms with Gasteiger partial charge >= 0.3 is 0 Å². The first-order valence-electron chi connectivity index (χ1n) is 16.2. The van der Waals surface area contributed by atoms with Gasteiger partial charge in [0, 0.05) is 11.8 Å². The minimum absolute atomic E-state index is 0.318. The average Bonchev–Trinajstić information content (AvgIpc) is 3.44. The highest BCUT2D eigenvalue weighted by Gasteiger charge is 2.34. The molecule has 0 bridgehead atoms. The summed E-state index contributed by atoms with van der Waals surface area (Å²) in [6.45, 7) is 0. The fraction of sp³-hybridized carbons (Fsp3) is 0.0435. The van der Waals surface area contributed by atoms with Gasteiger partial charge in [-0.15, -0.1) is 0 Å². The number of rotatable bonds is 3. The van der Waals surface area contributed by atoms with Gasteiger partial charge < -0.3 is 0 Å². The van der Waals surface area contributed by atoms with E-state index in [2.05, 4.69) is 170 Å². The van der Waals surface area contributed by atoms with Crippen molar-refractivity contribution in [3.05, 3.63) is 187 Å². The van der Waals surface area contributed by atoms with E-state index in [4.69, 9.17) is 0 Å². The Hall–Kier alpha value is -5.72. The van der Waals surface area contributed by atoms with Crippen molar-refractivity contribution in [2.45, 2.75) is 11.8 Å². The van der Waals surface area contributed by atoms with Crippen LogP contribution >= 0.6 is 0 Å². The van der Waals surface area contributed by atoms with Gasteiger partial charge in [-0.2, -0.15) is 0 Å². The molecule has 0 amide bonds. The van der Waals surface area contributed by atoms with E-state index in [1.807, 2.05) is 0 Å². The van der Waals surface area contributed by atoms with E-state index >= 15 is 0 Å². The second kappa shape index (κ2) is 9.89. The molecule has 10 rings (SSSR count). The molecule has 2 atom stereocenters. The summed E-state index contributed by atoms with van der Waals surface area (Å²) in [6.07, 6.45) is 7.37. The van der Waals surface area contributed by atoms with Crippen molar-refractivity contribution in [2.24, 2.45) is 0 Å². The van der Waals surface area contributed by atoms with Crippen LogP contribution in [0.3, 0.4) is 0 Å². The number of hydrogen-bond acceptors (Lipinski definition) is 0. The third kappa shape index (κ3) is 3.93. The minimum Gasteiger partial charge on any atom is -0.0755 e. The lowest BCUT2D eigenvalue weighted by atomic mass is 9.81. The quantitative estimate of drug-likeness (QED) is 0.182. The highest BCUT2D eigenvalue weighted by molar-refractivity contribution is 6.12. The lowest BCUT2D eigenvalue weighted by molar-refractivity contribution is 0.772. The Labute approximate surface area is 268 Å². The lowest BCUT2D eigenvalue weighted by Gasteiger charge is -2.22. The summed E-state index contributed by atoms with van der Waals surface area (Å²) in [7, 11) is 0. The Morgan fingerprint density at radius 3 is 1.63 bits per heavy atom. The summed E-state index contributed by atoms with van der Waals surface area (Å²) in [5.41, 5.74) is 10.4. The van der Waals surface area contributed by atoms with Gasteiger partial charge in [-0.3, -0.25) is 0 Å². The first kappa shape index (κ1) is 25.6. The second-order valence-corrected chi connectivity index (χ2v) is 12.9. The summed E-state index contributed by atoms with van der Waals surface area (Å²) < 4.78 is 0. The molecule has 0 radical (unpaired) electrons. The predicted octanol–water partition coefficient (Wildman–Crippen LogP) is 12.5. The molecule has 8 aromatic carbocycles. The third-order valence-electron chi connectivity index (χ3n) is 10.3. The van der Waals surface area contributed by atoms with Crippen molar-refractivity contribution >= 4 is 48.7 Å². The zero-order chi connectivity index (χ0) is 30.2. The van der Waals surface area contributed by atoms with Crippen LogP contribution in [0.4, 0.5) is 0 Å². The van der Waals surface area contributed by atoms with Crippen LogP contribution in [-0.2, 0) is 0 Å². The Morgan fingerprint density at radius 2 is 0.935 bits per heavy atom. The Bertz CT molecular complexity index is 2500. The molecule has 0 heterocycles. The van der Waals surface area contributed by atoms with E-state index in [-0.39, 0.29) is 0 Å². The van der Waals surface area contributed by atoms with Crippen LogP contribution in [-0.4, -0.2) is 0 Å². The maximum absolute atomic E-state index is 2.54. The molecule has 0 saturated carbocycles. The fourth-order valence-electron chi connectivity index (χ4n) is 8.08. The molecule has 0 aliphatic heterocycles. The van der Waals surface area contributed by atoms with Crippen molar-refractivity contribution in [2.75, 3.05) is 0 Å². The monoisotopic (exact) mass is 582 g/mol. The molecule has 8 aromatic rings. The van der Waals surface area contributed by atoms with Gasteiger partial charge in [0.25, 0.3) is 0 Å². The third-order valence-corrected chi connectivity index (χ3v) is 10.3. The Balaban J connectivity index is 1.16. The van der Waals surface area contributed by atoms with Gasteiger partial charge in [-0.05, 0) is 124 Å². The number of allylic oxidation sites excluding steroid dienone is 4. The summed E-state index contributed by atoms with van der Waals surface area (Å²) in [5, 5.41) is 10.6. The molecule has 0 aromatic heterocycles. The first-order valence-corrected chi connectivity index (χ1v) is 16.2. The van der Waals surface area contributed by atoms with Crippen LogP contribution in [0.2, 0.25) is 0 Å². The van der Waals surface area contributed by atoms with Crippen LogP contribution in [0.5, 0.6) is 0 Å². The average molecular weight is 583 g/mol. The van der Waals surface area contributed by atoms with Gasteiger partial charge in [-0.1, -0.05) is 133 Å². The minimum atomic E-state index is 0.318. The fourth-order valence-corrected chi connectivity index (χ4v) is 8.08. The van der Waals surface area contributed by atoms with E-state index < -0.39 is 0 Å². The van der Waals surface area contributed by atoms with Crippen LogP contribution in [0.15, 0.2) is 170 Å². The van der Waals surface area contributed by atoms with Gasteiger partial charge in [0.2, 0.25) is 0 Å². The van der Waals surface area contributed by atoms with Crippen LogP contribution in [0.25, 0.3) is 70.9 Å². The van der Waals surface area contributed by atoms with Crippen molar-refractivity contribution in [3.8, 4) is 22.3 Å². The molecular weight excluding hydrogens is 553 g/mol. The molecular formula is C46H30. The van der Waals surface area contributed by atoms with Crippen molar-refractivity contribution in [1.29, 1.82) is 0 Å². The summed E-state index contributed by atoms with van der Waals surface area (Å²) in [6, 6.07) is 56.3. The molecule has 0 heteroatoms. The normalized spacial score (nSPS) is 16.7. The van der Waals surface area contributed by atoms with E-state index in [1.165, 1.54) is 87.6 Å². The summed E-state index contributed by atoms with van der Waals surface area (Å²) in [5.74, 6) is 0.681. The molecule has 0 spiro atoms. The zero-order valence-corrected chi connectivity index (χ0v) is 25.3. The molecule has 0 saturated heterocycles. The van der Waals surface area contributed by atoms with Crippen LogP contribution < -0.4 is 0 Å². The van der Waals surface area contributed by atoms with E-state index in [1.54, 1.807) is 0 Å². The summed E-state index contributed by atoms with van der Waals surface area (Å²) in [4.78, 5) is 0. The molecule has 0 nitrogen and oxygen atoms in total. The summed E-state index contributed by atoms with van der Waals surface area (Å²) >= 11 is 0. The number of fused-ring (bicyclic) bond motifs is 7. The molecule has 0 N–H and O–H groups in total. The van der Waals surface area contributed by atoms with Gasteiger partial charge in [0.1, 0.15) is 0 Å². The SMILES string of the molecule is C1=CC2c3cccc4c3c(cc3ccccc34)C2C=C1c1cc(-c2ccc3ccccc3c2)cc(-c2ccc3ccccc3c2)c1. The smallest absolute Gasteiger partial charge is 0.0137 e. The van der Waals surface area contributed by atoms with Crippen molar-refractivity contribution in [3.63, 3.8) is 0 Å². The molecule has 2 aliphatic rings. The Morgan fingerprint density at radius 1 is 0.348 bits per heavy atom. The molecule has 2 aliphatic carbocycles. The lowest BCUT2D eigenvalue weighted by Crippen LogP contribution is -2.05. The molecule has 0 fully saturated rings. The van der Waals surface area contributed by atoms with E-state index in [0.717, 1.165) is 0 Å². The molecule has 46 heavy (non-hydrogen) atoms. The Kier molecular flexibility index (Phi) is 5.50. The number of hydrogen-bond donors (Lipinski definition) is 0. The zero-order valence-electron chi connectivity index (χ0n) is 25.3. The second-order valence-electron chi connectivity index (χ2n) is 12.9. The number of benzene rings is 8. The maximum atomic E-state index is 2.54. The molecule has 2 unspecified atom stereocenters. The van der Waals surface area contributed by atoms with E-state index in [0.29, 0.717) is 11.8 Å². The first-order chi connectivity index (χ1) is 22.8. The highest BCUT2D eigenvalue weighted by atomic mass is 14.4. The largest absolute Gasteiger partial charge is 0.0755 e. The van der Waals surface area contributed by atoms with Gasteiger partial charge in [0.15, 0.2) is 0 Å². The van der Waals surface area contributed by atoms with Crippen LogP contribution in [0, 0.1) is 0 Å². The van der Waals surface area contributed by atoms with Crippen molar-refractivity contribution in [1.82, 2.24) is 0 Å².